The molecule has 1 aliphatic heterocycles. The maximum Gasteiger partial charge on any atom is 0.410 e. The highest BCUT2D eigenvalue weighted by atomic mass is 35.5. The van der Waals surface area contributed by atoms with E-state index in [9.17, 15) is 9.59 Å². The van der Waals surface area contributed by atoms with Crippen LogP contribution in [0.1, 0.15) is 12.8 Å². The normalized spacial score (nSPS) is 20.1. The van der Waals surface area contributed by atoms with E-state index < -0.39 is 12.1 Å². The number of carbonyl (C=O) groups excluding carboxylic acids is 2. The van der Waals surface area contributed by atoms with E-state index in [4.69, 9.17) is 16.3 Å². The van der Waals surface area contributed by atoms with Crippen molar-refractivity contribution in [3.8, 4) is 0 Å². The van der Waals surface area contributed by atoms with Crippen molar-refractivity contribution in [1.82, 2.24) is 4.90 Å². The van der Waals surface area contributed by atoms with Crippen LogP contribution in [0.3, 0.4) is 0 Å². The van der Waals surface area contributed by atoms with Crippen LogP contribution in [-0.2, 0) is 9.53 Å². The summed E-state index contributed by atoms with van der Waals surface area (Å²) in [6.07, 6.45) is 2.52. The maximum atomic E-state index is 11.5. The summed E-state index contributed by atoms with van der Waals surface area (Å²) in [5.74, 6) is -0.180. The number of rotatable bonds is 4. The molecule has 15 heavy (non-hydrogen) atoms. The summed E-state index contributed by atoms with van der Waals surface area (Å²) in [6.45, 7) is 4.17. The highest BCUT2D eigenvalue weighted by Gasteiger charge is 2.34. The van der Waals surface area contributed by atoms with Crippen LogP contribution < -0.4 is 0 Å². The lowest BCUT2D eigenvalue weighted by molar-refractivity contribution is -0.120. The van der Waals surface area contributed by atoms with Crippen molar-refractivity contribution in [2.24, 2.45) is 0 Å². The van der Waals surface area contributed by atoms with Crippen LogP contribution in [0.15, 0.2) is 12.7 Å². The quantitative estimate of drug-likeness (QED) is 0.545. The molecule has 1 amide bonds. The third-order valence-corrected chi connectivity index (χ3v) is 2.58. The Hall–Kier alpha value is -1.03. The Kier molecular flexibility index (Phi) is 4.62. The minimum Gasteiger partial charge on any atom is -0.445 e. The average Bonchev–Trinajstić information content (AvgIpc) is 2.73. The number of hydrogen-bond donors (Lipinski definition) is 0. The van der Waals surface area contributed by atoms with Gasteiger partial charge in [0.25, 0.3) is 0 Å². The molecular formula is C10H14ClNO3. The summed E-state index contributed by atoms with van der Waals surface area (Å²) in [5.41, 5.74) is 0. The average molecular weight is 232 g/mol. The van der Waals surface area contributed by atoms with Gasteiger partial charge in [0, 0.05) is 6.54 Å². The van der Waals surface area contributed by atoms with Crippen molar-refractivity contribution in [2.45, 2.75) is 18.9 Å². The molecule has 0 unspecified atom stereocenters. The van der Waals surface area contributed by atoms with Gasteiger partial charge in [0.1, 0.15) is 6.61 Å². The van der Waals surface area contributed by atoms with Crippen molar-refractivity contribution in [3.63, 3.8) is 0 Å². The minimum absolute atomic E-state index is 0.0596. The van der Waals surface area contributed by atoms with E-state index in [0.717, 1.165) is 6.42 Å². The second kappa shape index (κ2) is 5.75. The molecule has 1 atom stereocenters. The molecule has 1 fully saturated rings. The van der Waals surface area contributed by atoms with E-state index in [1.807, 2.05) is 0 Å². The lowest BCUT2D eigenvalue weighted by Crippen LogP contribution is -2.41. The standard InChI is InChI=1S/C10H14ClNO3/c1-2-6-15-10(14)12-5-3-4-8(12)9(13)7-11/h2,8H,1,3-7H2/t8-/m1/s1. The third-order valence-electron chi connectivity index (χ3n) is 2.32. The van der Waals surface area contributed by atoms with E-state index in [0.29, 0.717) is 13.0 Å². The molecule has 1 heterocycles. The van der Waals surface area contributed by atoms with Crippen molar-refractivity contribution in [1.29, 1.82) is 0 Å². The molecule has 0 aliphatic carbocycles. The zero-order valence-corrected chi connectivity index (χ0v) is 9.20. The van der Waals surface area contributed by atoms with Gasteiger partial charge in [-0.2, -0.15) is 0 Å². The van der Waals surface area contributed by atoms with Crippen LogP contribution in [0.2, 0.25) is 0 Å². The van der Waals surface area contributed by atoms with Gasteiger partial charge in [-0.05, 0) is 12.8 Å². The van der Waals surface area contributed by atoms with Crippen molar-refractivity contribution in [3.05, 3.63) is 12.7 Å². The second-order valence-corrected chi connectivity index (χ2v) is 3.58. The molecule has 1 rings (SSSR count). The Morgan fingerprint density at radius 3 is 2.93 bits per heavy atom. The number of ether oxygens (including phenoxy) is 1. The number of alkyl halides is 1. The molecule has 1 aliphatic rings. The van der Waals surface area contributed by atoms with Gasteiger partial charge in [0.15, 0.2) is 5.78 Å². The molecule has 0 radical (unpaired) electrons. The molecule has 5 heteroatoms. The summed E-state index contributed by atoms with van der Waals surface area (Å²) in [5, 5.41) is 0. The number of hydrogen-bond acceptors (Lipinski definition) is 3. The van der Waals surface area contributed by atoms with Gasteiger partial charge in [-0.3, -0.25) is 9.69 Å². The van der Waals surface area contributed by atoms with E-state index in [1.54, 1.807) is 0 Å². The Morgan fingerprint density at radius 1 is 1.60 bits per heavy atom. The summed E-state index contributed by atoms with van der Waals surface area (Å²) in [6, 6.07) is -0.403. The molecule has 0 spiro atoms. The summed E-state index contributed by atoms with van der Waals surface area (Å²) in [7, 11) is 0. The van der Waals surface area contributed by atoms with Crippen LogP contribution in [0, 0.1) is 0 Å². The van der Waals surface area contributed by atoms with Crippen LogP contribution in [0.4, 0.5) is 4.79 Å². The van der Waals surface area contributed by atoms with E-state index in [1.165, 1.54) is 11.0 Å². The van der Waals surface area contributed by atoms with Gasteiger partial charge < -0.3 is 4.74 Å². The van der Waals surface area contributed by atoms with E-state index >= 15 is 0 Å². The first-order valence-corrected chi connectivity index (χ1v) is 5.37. The van der Waals surface area contributed by atoms with Gasteiger partial charge in [-0.15, -0.1) is 11.6 Å². The monoisotopic (exact) mass is 231 g/mol. The largest absolute Gasteiger partial charge is 0.445 e. The molecule has 0 aromatic carbocycles. The number of nitrogens with zero attached hydrogens (tertiary/aromatic N) is 1. The summed E-state index contributed by atoms with van der Waals surface area (Å²) >= 11 is 5.46. The fourth-order valence-electron chi connectivity index (χ4n) is 1.62. The number of halogens is 1. The molecule has 0 saturated carbocycles. The topological polar surface area (TPSA) is 46.6 Å². The SMILES string of the molecule is C=CCOC(=O)N1CCC[C@@H]1C(=O)CCl. The molecule has 0 aromatic rings. The fraction of sp³-hybridized carbons (Fsp3) is 0.600. The van der Waals surface area contributed by atoms with Crippen molar-refractivity contribution in [2.75, 3.05) is 19.0 Å². The molecule has 0 aromatic heterocycles. The van der Waals surface area contributed by atoms with Crippen molar-refractivity contribution < 1.29 is 14.3 Å². The molecule has 4 nitrogen and oxygen atoms in total. The van der Waals surface area contributed by atoms with E-state index in [2.05, 4.69) is 6.58 Å². The lowest BCUT2D eigenvalue weighted by Gasteiger charge is -2.21. The van der Waals surface area contributed by atoms with Gasteiger partial charge in [-0.1, -0.05) is 12.7 Å². The Bertz CT molecular complexity index is 267. The predicted molar refractivity (Wildman–Crippen MR) is 57.0 cm³/mol. The molecule has 0 bridgehead atoms. The zero-order valence-electron chi connectivity index (χ0n) is 8.45. The Labute approximate surface area is 93.8 Å². The van der Waals surface area contributed by atoms with E-state index in [-0.39, 0.29) is 18.3 Å². The number of ketones is 1. The van der Waals surface area contributed by atoms with Gasteiger partial charge in [-0.25, -0.2) is 4.79 Å². The minimum atomic E-state index is -0.462. The summed E-state index contributed by atoms with van der Waals surface area (Å²) < 4.78 is 4.87. The maximum absolute atomic E-state index is 11.5. The number of carbonyl (C=O) groups is 2. The Morgan fingerprint density at radius 2 is 2.33 bits per heavy atom. The fourth-order valence-corrected chi connectivity index (χ4v) is 1.80. The second-order valence-electron chi connectivity index (χ2n) is 3.32. The first-order chi connectivity index (χ1) is 7.20. The first-order valence-electron chi connectivity index (χ1n) is 4.83. The highest BCUT2D eigenvalue weighted by Crippen LogP contribution is 2.19. The number of amides is 1. The zero-order chi connectivity index (χ0) is 11.3. The van der Waals surface area contributed by atoms with Crippen LogP contribution in [-0.4, -0.2) is 41.8 Å². The van der Waals surface area contributed by atoms with Gasteiger partial charge in [0.05, 0.1) is 11.9 Å². The molecule has 84 valence electrons. The number of likely N-dealkylation sites (tertiary alicyclic amines) is 1. The Balaban J connectivity index is 2.55. The lowest BCUT2D eigenvalue weighted by atomic mass is 10.1. The number of Topliss-reactive ketones (excluding diaryl/α,β-unsaturated/α-hetero) is 1. The molecule has 0 N–H and O–H groups in total. The first kappa shape index (κ1) is 12.0. The predicted octanol–water partition coefficient (Wildman–Crippen LogP) is 1.58. The molecular weight excluding hydrogens is 218 g/mol. The highest BCUT2D eigenvalue weighted by molar-refractivity contribution is 6.28. The molecule has 1 saturated heterocycles. The summed E-state index contributed by atoms with van der Waals surface area (Å²) in [4.78, 5) is 24.3. The van der Waals surface area contributed by atoms with Crippen LogP contribution in [0.5, 0.6) is 0 Å². The third kappa shape index (κ3) is 2.96. The van der Waals surface area contributed by atoms with Crippen LogP contribution >= 0.6 is 11.6 Å². The van der Waals surface area contributed by atoms with Crippen molar-refractivity contribution >= 4 is 23.5 Å². The van der Waals surface area contributed by atoms with Gasteiger partial charge in [0.2, 0.25) is 0 Å². The smallest absolute Gasteiger partial charge is 0.410 e. The van der Waals surface area contributed by atoms with Gasteiger partial charge >= 0.3 is 6.09 Å². The van der Waals surface area contributed by atoms with Crippen LogP contribution in [0.25, 0.3) is 0 Å².